The van der Waals surface area contributed by atoms with Gasteiger partial charge in [0.2, 0.25) is 5.91 Å². The number of rotatable bonds is 9. The second kappa shape index (κ2) is 11.6. The zero-order valence-corrected chi connectivity index (χ0v) is 19.9. The van der Waals surface area contributed by atoms with E-state index in [1.807, 2.05) is 42.5 Å². The lowest BCUT2D eigenvalue weighted by atomic mass is 10.2. The summed E-state index contributed by atoms with van der Waals surface area (Å²) in [5, 5.41) is 8.55. The molecule has 0 unspecified atom stereocenters. The number of aromatic nitrogens is 2. The van der Waals surface area contributed by atoms with E-state index >= 15 is 0 Å². The number of hydrogen-bond acceptors (Lipinski definition) is 8. The van der Waals surface area contributed by atoms with Gasteiger partial charge in [0.25, 0.3) is 5.91 Å². The summed E-state index contributed by atoms with van der Waals surface area (Å²) in [6, 6.07) is 13.3. The maximum atomic E-state index is 12.9. The summed E-state index contributed by atoms with van der Waals surface area (Å²) in [7, 11) is 1.61. The van der Waals surface area contributed by atoms with E-state index in [0.717, 1.165) is 11.4 Å². The molecular weight excluding hydrogens is 452 g/mol. The van der Waals surface area contributed by atoms with Crippen LogP contribution in [0.4, 0.5) is 10.8 Å². The number of carbonyl (C=O) groups excluding carboxylic acids is 2. The Hall–Kier alpha value is -3.50. The third kappa shape index (κ3) is 6.30. The average Bonchev–Trinajstić information content (AvgIpc) is 3.33. The van der Waals surface area contributed by atoms with Crippen LogP contribution < -0.4 is 15.4 Å². The number of methoxy groups -OCH3 is 1. The largest absolute Gasteiger partial charge is 0.495 e. The Morgan fingerprint density at radius 3 is 2.65 bits per heavy atom. The maximum Gasteiger partial charge on any atom is 0.273 e. The minimum absolute atomic E-state index is 0.0118. The van der Waals surface area contributed by atoms with Crippen LogP contribution in [0.25, 0.3) is 0 Å². The van der Waals surface area contributed by atoms with E-state index in [1.165, 1.54) is 11.3 Å². The van der Waals surface area contributed by atoms with Crippen LogP contribution in [0, 0.1) is 0 Å². The molecule has 2 aromatic heterocycles. The molecular formula is C24H28N6O3S. The van der Waals surface area contributed by atoms with Gasteiger partial charge in [-0.2, -0.15) is 0 Å². The third-order valence-corrected chi connectivity index (χ3v) is 6.29. The lowest BCUT2D eigenvalue weighted by Crippen LogP contribution is -2.51. The number of pyridine rings is 1. The molecule has 0 atom stereocenters. The highest BCUT2D eigenvalue weighted by Crippen LogP contribution is 2.28. The fraction of sp³-hybridized carbons (Fsp3) is 0.333. The molecule has 9 nitrogen and oxygen atoms in total. The van der Waals surface area contributed by atoms with Crippen molar-refractivity contribution in [3.8, 4) is 5.75 Å². The molecule has 1 aliphatic heterocycles. The van der Waals surface area contributed by atoms with Crippen LogP contribution in [0.5, 0.6) is 5.75 Å². The van der Waals surface area contributed by atoms with Crippen molar-refractivity contribution in [2.45, 2.75) is 6.42 Å². The van der Waals surface area contributed by atoms with Gasteiger partial charge in [-0.15, -0.1) is 11.3 Å². The summed E-state index contributed by atoms with van der Waals surface area (Å²) in [6.45, 7) is 3.31. The predicted molar refractivity (Wildman–Crippen MR) is 132 cm³/mol. The van der Waals surface area contributed by atoms with Gasteiger partial charge in [-0.05, 0) is 24.3 Å². The molecule has 1 fully saturated rings. The van der Waals surface area contributed by atoms with Crippen LogP contribution in [-0.2, 0) is 11.2 Å². The van der Waals surface area contributed by atoms with Crippen LogP contribution in [0.3, 0.4) is 0 Å². The van der Waals surface area contributed by atoms with Crippen LogP contribution in [-0.4, -0.2) is 78.0 Å². The standard InChI is InChI=1S/C24H28N6O3S/c1-33-21-8-3-2-7-19(21)27-24-28-20(17-34-24)23(32)30-14-12-29(13-15-30)16-22(31)26-11-9-18-6-4-5-10-25-18/h2-8,10,17H,9,11-16H2,1H3,(H,26,31)(H,27,28). The molecule has 3 heterocycles. The quantitative estimate of drug-likeness (QED) is 0.485. The minimum atomic E-state index is -0.0937. The molecule has 3 aromatic rings. The van der Waals surface area contributed by atoms with Crippen molar-refractivity contribution in [1.29, 1.82) is 0 Å². The number of amides is 2. The van der Waals surface area contributed by atoms with Gasteiger partial charge in [-0.25, -0.2) is 4.98 Å². The highest BCUT2D eigenvalue weighted by molar-refractivity contribution is 7.14. The maximum absolute atomic E-state index is 12.9. The number of para-hydroxylation sites is 2. The van der Waals surface area contributed by atoms with Crippen molar-refractivity contribution in [3.63, 3.8) is 0 Å². The molecule has 0 saturated carbocycles. The molecule has 0 aliphatic carbocycles. The zero-order valence-electron chi connectivity index (χ0n) is 19.1. The highest BCUT2D eigenvalue weighted by atomic mass is 32.1. The van der Waals surface area contributed by atoms with E-state index in [1.54, 1.807) is 23.6 Å². The normalized spacial score (nSPS) is 14.0. The zero-order chi connectivity index (χ0) is 23.8. The lowest BCUT2D eigenvalue weighted by molar-refractivity contribution is -0.122. The van der Waals surface area contributed by atoms with Crippen molar-refractivity contribution >= 4 is 34.0 Å². The monoisotopic (exact) mass is 480 g/mol. The summed E-state index contributed by atoms with van der Waals surface area (Å²) < 4.78 is 5.35. The van der Waals surface area contributed by atoms with Crippen molar-refractivity contribution in [2.24, 2.45) is 0 Å². The molecule has 0 spiro atoms. The minimum Gasteiger partial charge on any atom is -0.495 e. The van der Waals surface area contributed by atoms with Crippen molar-refractivity contribution < 1.29 is 14.3 Å². The van der Waals surface area contributed by atoms with Crippen LogP contribution >= 0.6 is 11.3 Å². The van der Waals surface area contributed by atoms with Crippen molar-refractivity contribution in [2.75, 3.05) is 51.7 Å². The van der Waals surface area contributed by atoms with E-state index in [-0.39, 0.29) is 11.8 Å². The fourth-order valence-corrected chi connectivity index (χ4v) is 4.40. The fourth-order valence-electron chi connectivity index (χ4n) is 3.70. The first-order valence-corrected chi connectivity index (χ1v) is 12.0. The first-order valence-electron chi connectivity index (χ1n) is 11.2. The molecule has 10 heteroatoms. The lowest BCUT2D eigenvalue weighted by Gasteiger charge is -2.33. The second-order valence-corrected chi connectivity index (χ2v) is 8.71. The molecule has 2 N–H and O–H groups in total. The average molecular weight is 481 g/mol. The molecule has 0 bridgehead atoms. The van der Waals surface area contributed by atoms with Crippen molar-refractivity contribution in [3.05, 3.63) is 65.4 Å². The number of piperazine rings is 1. The van der Waals surface area contributed by atoms with Gasteiger partial charge in [0, 0.05) is 56.4 Å². The number of ether oxygens (including phenoxy) is 1. The van der Waals surface area contributed by atoms with Gasteiger partial charge in [-0.1, -0.05) is 18.2 Å². The molecule has 34 heavy (non-hydrogen) atoms. The number of hydrogen-bond donors (Lipinski definition) is 2. The second-order valence-electron chi connectivity index (χ2n) is 7.85. The number of nitrogens with zero attached hydrogens (tertiary/aromatic N) is 4. The Kier molecular flexibility index (Phi) is 8.05. The van der Waals surface area contributed by atoms with Gasteiger partial charge < -0.3 is 20.3 Å². The number of carbonyl (C=O) groups is 2. The van der Waals surface area contributed by atoms with Crippen LogP contribution in [0.1, 0.15) is 16.2 Å². The van der Waals surface area contributed by atoms with Gasteiger partial charge in [0.05, 0.1) is 19.3 Å². The molecule has 0 radical (unpaired) electrons. The summed E-state index contributed by atoms with van der Waals surface area (Å²) in [5.41, 5.74) is 2.17. The van der Waals surface area contributed by atoms with E-state index in [2.05, 4.69) is 25.5 Å². The van der Waals surface area contributed by atoms with Gasteiger partial charge >= 0.3 is 0 Å². The molecule has 4 rings (SSSR count). The van der Waals surface area contributed by atoms with Crippen LogP contribution in [0.15, 0.2) is 54.0 Å². The van der Waals surface area contributed by atoms with E-state index in [0.29, 0.717) is 62.3 Å². The molecule has 1 aromatic carbocycles. The Bertz CT molecular complexity index is 1100. The SMILES string of the molecule is COc1ccccc1Nc1nc(C(=O)N2CCN(CC(=O)NCCc3ccccn3)CC2)cs1. The van der Waals surface area contributed by atoms with E-state index < -0.39 is 0 Å². The smallest absolute Gasteiger partial charge is 0.273 e. The Morgan fingerprint density at radius 2 is 1.88 bits per heavy atom. The molecule has 1 aliphatic rings. The topological polar surface area (TPSA) is 99.7 Å². The number of nitrogens with one attached hydrogen (secondary N) is 2. The Labute approximate surface area is 202 Å². The molecule has 1 saturated heterocycles. The number of benzene rings is 1. The Balaban J connectivity index is 1.21. The Morgan fingerprint density at radius 1 is 1.09 bits per heavy atom. The summed E-state index contributed by atoms with van der Waals surface area (Å²) >= 11 is 1.38. The first kappa shape index (κ1) is 23.7. The van der Waals surface area contributed by atoms with Gasteiger partial charge in [-0.3, -0.25) is 19.5 Å². The first-order chi connectivity index (χ1) is 16.6. The van der Waals surface area contributed by atoms with E-state index in [4.69, 9.17) is 4.74 Å². The predicted octanol–water partition coefficient (Wildman–Crippen LogP) is 2.41. The summed E-state index contributed by atoms with van der Waals surface area (Å²) in [4.78, 5) is 37.7. The number of thiazole rings is 1. The summed E-state index contributed by atoms with van der Waals surface area (Å²) in [6.07, 6.45) is 2.46. The molecule has 2 amide bonds. The van der Waals surface area contributed by atoms with Gasteiger partial charge in [0.1, 0.15) is 11.4 Å². The summed E-state index contributed by atoms with van der Waals surface area (Å²) in [5.74, 6) is 0.605. The third-order valence-electron chi connectivity index (χ3n) is 5.53. The van der Waals surface area contributed by atoms with Crippen LogP contribution in [0.2, 0.25) is 0 Å². The highest BCUT2D eigenvalue weighted by Gasteiger charge is 2.25. The molecule has 178 valence electrons. The van der Waals surface area contributed by atoms with Gasteiger partial charge in [0.15, 0.2) is 5.13 Å². The van der Waals surface area contributed by atoms with Crippen molar-refractivity contribution in [1.82, 2.24) is 25.1 Å². The van der Waals surface area contributed by atoms with E-state index in [9.17, 15) is 9.59 Å². The number of anilines is 2.